The Hall–Kier alpha value is -2.22. The van der Waals surface area contributed by atoms with Crippen LogP contribution in [0, 0.1) is 11.8 Å². The molecule has 1 aromatic rings. The van der Waals surface area contributed by atoms with Crippen LogP contribution in [0.1, 0.15) is 16.3 Å². The molecule has 5 heteroatoms. The molecule has 0 unspecified atom stereocenters. The van der Waals surface area contributed by atoms with E-state index in [2.05, 4.69) is 16.6 Å². The number of carboxylic acid groups (broad SMARTS) is 1. The lowest BCUT2D eigenvalue weighted by atomic mass is 10.4. The normalized spacial score (nSPS) is 8.64. The molecule has 0 aromatic carbocycles. The fraction of sp³-hybridized carbons (Fsp3) is 0.111. The first-order valence-electron chi connectivity index (χ1n) is 3.56. The van der Waals surface area contributed by atoms with Crippen molar-refractivity contribution in [3.05, 3.63) is 23.7 Å². The first-order chi connectivity index (χ1) is 6.63. The molecule has 0 radical (unpaired) electrons. The lowest BCUT2D eigenvalue weighted by Crippen LogP contribution is -1.94. The smallest absolute Gasteiger partial charge is 0.384 e. The lowest BCUT2D eigenvalue weighted by molar-refractivity contribution is -0.133. The van der Waals surface area contributed by atoms with E-state index in [0.717, 1.165) is 0 Å². The predicted molar refractivity (Wildman–Crippen MR) is 44.6 cm³/mol. The molecule has 1 N–H and O–H groups in total. The quantitative estimate of drug-likeness (QED) is 0.520. The van der Waals surface area contributed by atoms with Gasteiger partial charge in [-0.2, -0.15) is 0 Å². The summed E-state index contributed by atoms with van der Waals surface area (Å²) >= 11 is 0. The van der Waals surface area contributed by atoms with E-state index < -0.39 is 11.9 Å². The minimum Gasteiger partial charge on any atom is -0.475 e. The predicted octanol–water partition coefficient (Wildman–Crippen LogP) is 0.502. The van der Waals surface area contributed by atoms with Crippen molar-refractivity contribution in [1.29, 1.82) is 0 Å². The molecule has 72 valence electrons. The number of hydrogen-bond donors (Lipinski definition) is 1. The lowest BCUT2D eigenvalue weighted by Gasteiger charge is -1.84. The number of carboxylic acids is 1. The van der Waals surface area contributed by atoms with E-state index in [4.69, 9.17) is 9.52 Å². The zero-order chi connectivity index (χ0) is 10.6. The van der Waals surface area contributed by atoms with Gasteiger partial charge in [-0.1, -0.05) is 0 Å². The van der Waals surface area contributed by atoms with E-state index in [1.807, 2.05) is 0 Å². The van der Waals surface area contributed by atoms with Crippen LogP contribution in [0.4, 0.5) is 0 Å². The minimum absolute atomic E-state index is 0.104. The highest BCUT2D eigenvalue weighted by atomic mass is 16.5. The number of carbonyl (C=O) groups is 2. The van der Waals surface area contributed by atoms with E-state index in [1.165, 1.54) is 19.2 Å². The summed E-state index contributed by atoms with van der Waals surface area (Å²) in [5.74, 6) is 2.41. The van der Waals surface area contributed by atoms with E-state index in [-0.39, 0.29) is 11.5 Å². The molecule has 1 aromatic heterocycles. The largest absolute Gasteiger partial charge is 0.475 e. The van der Waals surface area contributed by atoms with Gasteiger partial charge in [-0.3, -0.25) is 0 Å². The van der Waals surface area contributed by atoms with Crippen LogP contribution in [0.25, 0.3) is 0 Å². The maximum atomic E-state index is 10.6. The van der Waals surface area contributed by atoms with Gasteiger partial charge in [0.05, 0.1) is 7.11 Å². The zero-order valence-corrected chi connectivity index (χ0v) is 7.23. The monoisotopic (exact) mass is 194 g/mol. The van der Waals surface area contributed by atoms with Gasteiger partial charge in [0, 0.05) is 5.92 Å². The summed E-state index contributed by atoms with van der Waals surface area (Å²) in [7, 11) is 1.20. The number of ether oxygens (including phenoxy) is 1. The summed E-state index contributed by atoms with van der Waals surface area (Å²) in [5, 5.41) is 8.49. The highest BCUT2D eigenvalue weighted by Crippen LogP contribution is 2.05. The maximum Gasteiger partial charge on any atom is 0.384 e. The minimum atomic E-state index is -1.18. The molecule has 0 bridgehead atoms. The summed E-state index contributed by atoms with van der Waals surface area (Å²) in [6.07, 6.45) is 0. The van der Waals surface area contributed by atoms with Gasteiger partial charge < -0.3 is 14.3 Å². The standard InChI is InChI=1S/C9H6O5/c1-13-8(10)5-3-6-2-4-7(14-6)9(11)12/h2,4H,1H3,(H,11,12). The Kier molecular flexibility index (Phi) is 2.92. The third-order valence-corrected chi connectivity index (χ3v) is 1.29. The van der Waals surface area contributed by atoms with Crippen LogP contribution in [-0.4, -0.2) is 24.2 Å². The summed E-state index contributed by atoms with van der Waals surface area (Å²) in [6, 6.07) is 2.61. The highest BCUT2D eigenvalue weighted by Gasteiger charge is 2.06. The Morgan fingerprint density at radius 3 is 2.71 bits per heavy atom. The Balaban J connectivity index is 2.81. The number of rotatable bonds is 1. The van der Waals surface area contributed by atoms with Crippen molar-refractivity contribution < 1.29 is 23.8 Å². The average molecular weight is 194 g/mol. The second-order valence-electron chi connectivity index (χ2n) is 2.21. The molecule has 1 heterocycles. The van der Waals surface area contributed by atoms with Crippen LogP contribution in [0.3, 0.4) is 0 Å². The van der Waals surface area contributed by atoms with Crippen molar-refractivity contribution in [2.45, 2.75) is 0 Å². The molecule has 0 amide bonds. The Bertz CT molecular complexity index is 418. The van der Waals surface area contributed by atoms with Gasteiger partial charge in [-0.05, 0) is 18.1 Å². The van der Waals surface area contributed by atoms with Crippen LogP contribution < -0.4 is 0 Å². The fourth-order valence-corrected chi connectivity index (χ4v) is 0.684. The van der Waals surface area contributed by atoms with Crippen LogP contribution in [-0.2, 0) is 9.53 Å². The number of hydrogen-bond acceptors (Lipinski definition) is 4. The van der Waals surface area contributed by atoms with Crippen LogP contribution in [0.2, 0.25) is 0 Å². The van der Waals surface area contributed by atoms with Crippen molar-refractivity contribution in [2.24, 2.45) is 0 Å². The van der Waals surface area contributed by atoms with E-state index in [0.29, 0.717) is 0 Å². The van der Waals surface area contributed by atoms with Crippen LogP contribution >= 0.6 is 0 Å². The fourth-order valence-electron chi connectivity index (χ4n) is 0.684. The number of carbonyl (C=O) groups excluding carboxylic acids is 1. The van der Waals surface area contributed by atoms with Gasteiger partial charge >= 0.3 is 11.9 Å². The Labute approximate surface area is 79.3 Å². The molecule has 0 atom stereocenters. The number of furan rings is 1. The molecule has 0 aliphatic carbocycles. The van der Waals surface area contributed by atoms with Crippen molar-refractivity contribution in [3.8, 4) is 11.8 Å². The number of methoxy groups -OCH3 is 1. The first kappa shape index (κ1) is 9.86. The molecule has 1 rings (SSSR count). The Morgan fingerprint density at radius 2 is 2.21 bits per heavy atom. The second-order valence-corrected chi connectivity index (χ2v) is 2.21. The first-order valence-corrected chi connectivity index (χ1v) is 3.56. The average Bonchev–Trinajstić information content (AvgIpc) is 2.62. The summed E-state index contributed by atoms with van der Waals surface area (Å²) in [5.41, 5.74) is 0. The van der Waals surface area contributed by atoms with Crippen LogP contribution in [0.5, 0.6) is 0 Å². The topological polar surface area (TPSA) is 76.7 Å². The van der Waals surface area contributed by atoms with Gasteiger partial charge in [-0.15, -0.1) is 0 Å². The summed E-state index contributed by atoms with van der Waals surface area (Å²) in [4.78, 5) is 20.9. The molecule has 5 nitrogen and oxygen atoms in total. The van der Waals surface area contributed by atoms with Crippen molar-refractivity contribution in [1.82, 2.24) is 0 Å². The Morgan fingerprint density at radius 1 is 1.50 bits per heavy atom. The van der Waals surface area contributed by atoms with Gasteiger partial charge in [0.15, 0.2) is 5.76 Å². The van der Waals surface area contributed by atoms with Crippen molar-refractivity contribution in [3.63, 3.8) is 0 Å². The third kappa shape index (κ3) is 2.38. The molecule has 0 spiro atoms. The van der Waals surface area contributed by atoms with Crippen molar-refractivity contribution >= 4 is 11.9 Å². The number of esters is 1. The number of aromatic carboxylic acids is 1. The van der Waals surface area contributed by atoms with Gasteiger partial charge in [-0.25, -0.2) is 9.59 Å². The molecular weight excluding hydrogens is 188 g/mol. The third-order valence-electron chi connectivity index (χ3n) is 1.29. The highest BCUT2D eigenvalue weighted by molar-refractivity contribution is 5.89. The van der Waals surface area contributed by atoms with E-state index in [9.17, 15) is 9.59 Å². The van der Waals surface area contributed by atoms with Gasteiger partial charge in [0.2, 0.25) is 5.76 Å². The van der Waals surface area contributed by atoms with Crippen LogP contribution in [0.15, 0.2) is 16.5 Å². The maximum absolute atomic E-state index is 10.6. The summed E-state index contributed by atoms with van der Waals surface area (Å²) < 4.78 is 9.01. The summed E-state index contributed by atoms with van der Waals surface area (Å²) in [6.45, 7) is 0. The molecule has 14 heavy (non-hydrogen) atoms. The molecule has 0 aliphatic rings. The van der Waals surface area contributed by atoms with Crippen molar-refractivity contribution in [2.75, 3.05) is 7.11 Å². The zero-order valence-electron chi connectivity index (χ0n) is 7.23. The second kappa shape index (κ2) is 4.14. The van der Waals surface area contributed by atoms with E-state index >= 15 is 0 Å². The molecule has 0 aliphatic heterocycles. The molecular formula is C9H6O5. The van der Waals surface area contributed by atoms with E-state index in [1.54, 1.807) is 0 Å². The van der Waals surface area contributed by atoms with Gasteiger partial charge in [0.25, 0.3) is 0 Å². The molecule has 0 saturated heterocycles. The van der Waals surface area contributed by atoms with Gasteiger partial charge in [0.1, 0.15) is 0 Å². The molecule has 0 saturated carbocycles. The molecule has 0 fully saturated rings. The SMILES string of the molecule is COC(=O)C#Cc1ccc(C(=O)O)o1.